The Hall–Kier alpha value is -5.66. The van der Waals surface area contributed by atoms with Crippen LogP contribution in [0.4, 0.5) is 0 Å². The molecular formula is C49H67N7O8. The van der Waals surface area contributed by atoms with Crippen molar-refractivity contribution in [3.63, 3.8) is 0 Å². The minimum absolute atomic E-state index is 0.0293. The number of nitriles is 1. The first-order valence-corrected chi connectivity index (χ1v) is 22.5. The van der Waals surface area contributed by atoms with Crippen LogP contribution in [0.15, 0.2) is 54.6 Å². The van der Waals surface area contributed by atoms with Gasteiger partial charge in [0.15, 0.2) is 17.3 Å². The Morgan fingerprint density at radius 2 is 1.48 bits per heavy atom. The number of Topliss-reactive ketones (excluding diaryl/α,β-unsaturated/α-hetero) is 3. The molecule has 1 aliphatic heterocycles. The van der Waals surface area contributed by atoms with Crippen LogP contribution in [0, 0.1) is 23.2 Å². The lowest BCUT2D eigenvalue weighted by atomic mass is 9.88. The molecule has 0 radical (unpaired) electrons. The Bertz CT molecular complexity index is 2100. The van der Waals surface area contributed by atoms with Crippen LogP contribution in [0.1, 0.15) is 105 Å². The Labute approximate surface area is 377 Å². The van der Waals surface area contributed by atoms with Crippen LogP contribution >= 0.6 is 0 Å². The van der Waals surface area contributed by atoms with Gasteiger partial charge in [0, 0.05) is 75.3 Å². The highest BCUT2D eigenvalue weighted by molar-refractivity contribution is 6.02. The van der Waals surface area contributed by atoms with Gasteiger partial charge in [-0.15, -0.1) is 0 Å². The molecule has 1 aliphatic rings. The molecule has 4 rings (SSSR count). The summed E-state index contributed by atoms with van der Waals surface area (Å²) in [7, 11) is 1.51. The first kappa shape index (κ1) is 51.0. The van der Waals surface area contributed by atoms with E-state index in [4.69, 9.17) is 37.1 Å². The third kappa shape index (κ3) is 14.2. The number of ketones is 3. The summed E-state index contributed by atoms with van der Waals surface area (Å²) in [5, 5.41) is 12.1. The highest BCUT2D eigenvalue weighted by Gasteiger charge is 2.36. The van der Waals surface area contributed by atoms with Gasteiger partial charge in [-0.25, -0.2) is 0 Å². The fourth-order valence-corrected chi connectivity index (χ4v) is 7.97. The topological polar surface area (TPSA) is 256 Å². The van der Waals surface area contributed by atoms with E-state index < -0.39 is 41.5 Å². The maximum atomic E-state index is 14.8. The number of benzene rings is 3. The van der Waals surface area contributed by atoms with E-state index in [-0.39, 0.29) is 96.1 Å². The van der Waals surface area contributed by atoms with Crippen molar-refractivity contribution in [2.24, 2.45) is 34.8 Å². The number of fused-ring (bicyclic) bond motifs is 5. The normalized spacial score (nSPS) is 16.8. The number of nitrogens with two attached hydrogens (primary N) is 4. The van der Waals surface area contributed by atoms with Gasteiger partial charge in [-0.3, -0.25) is 24.0 Å². The Balaban J connectivity index is 1.82. The van der Waals surface area contributed by atoms with Crippen LogP contribution in [0.5, 0.6) is 17.2 Å². The largest absolute Gasteiger partial charge is 0.492 e. The van der Waals surface area contributed by atoms with Crippen LogP contribution in [0.2, 0.25) is 0 Å². The van der Waals surface area contributed by atoms with E-state index in [1.54, 1.807) is 43.3 Å². The molecule has 346 valence electrons. The quantitative estimate of drug-likeness (QED) is 0.0603. The van der Waals surface area contributed by atoms with E-state index in [1.165, 1.54) is 11.9 Å². The van der Waals surface area contributed by atoms with Crippen LogP contribution in [0.25, 0.3) is 11.1 Å². The Kier molecular flexibility index (Phi) is 20.9. The molecular weight excluding hydrogens is 815 g/mol. The fourth-order valence-electron chi connectivity index (χ4n) is 7.97. The van der Waals surface area contributed by atoms with Crippen molar-refractivity contribution in [1.82, 2.24) is 10.2 Å². The lowest BCUT2D eigenvalue weighted by molar-refractivity contribution is -0.142. The second-order valence-corrected chi connectivity index (χ2v) is 16.4. The monoisotopic (exact) mass is 882 g/mol. The molecule has 0 unspecified atom stereocenters. The van der Waals surface area contributed by atoms with Gasteiger partial charge in [-0.2, -0.15) is 5.26 Å². The lowest BCUT2D eigenvalue weighted by Gasteiger charge is -2.32. The van der Waals surface area contributed by atoms with E-state index in [0.29, 0.717) is 45.1 Å². The maximum Gasteiger partial charge on any atom is 0.226 e. The molecule has 4 bridgehead atoms. The van der Waals surface area contributed by atoms with Crippen molar-refractivity contribution < 1.29 is 38.2 Å². The zero-order valence-electron chi connectivity index (χ0n) is 37.7. The molecule has 15 heteroatoms. The van der Waals surface area contributed by atoms with Crippen LogP contribution in [-0.2, 0) is 32.0 Å². The SMILES string of the molecule is CCCCCCc1ccc(C(=O)C[C@@H](CCN)C(=O)N(C)[C@@H]2C(=O)C[C@@H](C)C(=O)N[C@H](C(=O)CCC#N)Cc3ccc(OCCN)c(c3)-c3cc2ccc3OCCN)c(OCCN)c1. The van der Waals surface area contributed by atoms with Gasteiger partial charge < -0.3 is 47.4 Å². The number of hydrogen-bond donors (Lipinski definition) is 5. The summed E-state index contributed by atoms with van der Waals surface area (Å²) in [5.41, 5.74) is 27.1. The minimum atomic E-state index is -1.23. The summed E-state index contributed by atoms with van der Waals surface area (Å²) < 4.78 is 18.2. The molecule has 3 aromatic carbocycles. The zero-order valence-corrected chi connectivity index (χ0v) is 37.7. The molecule has 1 heterocycles. The number of amides is 2. The molecule has 0 aromatic heterocycles. The molecule has 2 amide bonds. The average Bonchev–Trinajstić information content (AvgIpc) is 3.29. The number of ether oxygens (including phenoxy) is 3. The van der Waals surface area contributed by atoms with Crippen molar-refractivity contribution in [2.75, 3.05) is 53.0 Å². The van der Waals surface area contributed by atoms with Gasteiger partial charge >= 0.3 is 0 Å². The molecule has 3 aromatic rings. The highest BCUT2D eigenvalue weighted by Crippen LogP contribution is 2.41. The third-order valence-corrected chi connectivity index (χ3v) is 11.4. The first-order chi connectivity index (χ1) is 30.9. The van der Waals surface area contributed by atoms with Gasteiger partial charge in [-0.1, -0.05) is 51.3 Å². The molecule has 0 aliphatic carbocycles. The molecule has 0 saturated carbocycles. The number of nitrogens with one attached hydrogen (secondary N) is 1. The van der Waals surface area contributed by atoms with Crippen LogP contribution < -0.4 is 42.5 Å². The van der Waals surface area contributed by atoms with Crippen LogP contribution in [-0.4, -0.2) is 93.2 Å². The number of aryl methyl sites for hydroxylation is 1. The standard InChI is InChI=1S/C49H67N7O8/c1-4-5-6-7-9-33-11-14-37(46(29-33)64-25-22-54)42(58)31-36(17-19-51)49(61)56(3)47-35-13-16-45(63-24-21-53)39(30-35)38-27-34(12-15-44(38)62-23-20-52)28-40(41(57)10-8-18-50)55-48(60)32(2)26-43(47)59/h11-16,27,29-30,32,36,40,47H,4-10,17,19-26,28,31,51-54H2,1-3H3,(H,55,60)/t32-,36-,40+,47+/m1/s1. The smallest absolute Gasteiger partial charge is 0.226 e. The summed E-state index contributed by atoms with van der Waals surface area (Å²) in [5.74, 6) is -2.70. The molecule has 9 N–H and O–H groups in total. The highest BCUT2D eigenvalue weighted by atomic mass is 16.5. The summed E-state index contributed by atoms with van der Waals surface area (Å²) in [6.07, 6.45) is 4.84. The molecule has 0 fully saturated rings. The average molecular weight is 882 g/mol. The fraction of sp³-hybridized carbons (Fsp3) is 0.510. The van der Waals surface area contributed by atoms with Crippen LogP contribution in [0.3, 0.4) is 0 Å². The predicted octanol–water partition coefficient (Wildman–Crippen LogP) is 4.74. The molecule has 0 spiro atoms. The van der Waals surface area contributed by atoms with E-state index in [0.717, 1.165) is 37.7 Å². The number of likely N-dealkylation sites (N-methyl/N-ethyl adjacent to an activating group) is 1. The minimum Gasteiger partial charge on any atom is -0.492 e. The first-order valence-electron chi connectivity index (χ1n) is 22.5. The van der Waals surface area contributed by atoms with Gasteiger partial charge in [0.25, 0.3) is 0 Å². The number of rotatable bonds is 24. The number of nitrogens with zero attached hydrogens (tertiary/aromatic N) is 2. The van der Waals surface area contributed by atoms with Gasteiger partial charge in [0.1, 0.15) is 43.1 Å². The Morgan fingerprint density at radius 3 is 2.12 bits per heavy atom. The molecule has 15 nitrogen and oxygen atoms in total. The van der Waals surface area contributed by atoms with Gasteiger partial charge in [0.05, 0.1) is 17.7 Å². The van der Waals surface area contributed by atoms with E-state index in [2.05, 4.69) is 12.2 Å². The summed E-state index contributed by atoms with van der Waals surface area (Å²) >= 11 is 0. The number of unbranched alkanes of at least 4 members (excludes halogenated alkanes) is 3. The zero-order chi connectivity index (χ0) is 46.6. The van der Waals surface area contributed by atoms with Crippen molar-refractivity contribution in [3.05, 3.63) is 76.9 Å². The van der Waals surface area contributed by atoms with Gasteiger partial charge in [0.2, 0.25) is 11.8 Å². The summed E-state index contributed by atoms with van der Waals surface area (Å²) in [4.78, 5) is 72.3. The summed E-state index contributed by atoms with van der Waals surface area (Å²) in [6, 6.07) is 15.8. The summed E-state index contributed by atoms with van der Waals surface area (Å²) in [6.45, 7) is 5.07. The second-order valence-electron chi connectivity index (χ2n) is 16.4. The van der Waals surface area contributed by atoms with Crippen molar-refractivity contribution in [1.29, 1.82) is 5.26 Å². The van der Waals surface area contributed by atoms with E-state index in [1.807, 2.05) is 24.3 Å². The van der Waals surface area contributed by atoms with E-state index in [9.17, 15) is 29.2 Å². The molecule has 0 saturated heterocycles. The second kappa shape index (κ2) is 26.2. The van der Waals surface area contributed by atoms with Crippen molar-refractivity contribution in [2.45, 2.75) is 96.6 Å². The number of carbonyl (C=O) groups is 5. The van der Waals surface area contributed by atoms with E-state index >= 15 is 0 Å². The number of hydrogen-bond acceptors (Lipinski definition) is 13. The third-order valence-electron chi connectivity index (χ3n) is 11.4. The maximum absolute atomic E-state index is 14.8. The number of carbonyl (C=O) groups excluding carboxylic acids is 5. The van der Waals surface area contributed by atoms with Gasteiger partial charge in [-0.05, 0) is 85.3 Å². The molecule has 4 atom stereocenters. The Morgan fingerprint density at radius 1 is 0.828 bits per heavy atom. The van der Waals surface area contributed by atoms with Crippen molar-refractivity contribution in [3.8, 4) is 34.4 Å². The lowest BCUT2D eigenvalue weighted by Crippen LogP contribution is -2.46. The molecule has 64 heavy (non-hydrogen) atoms. The van der Waals surface area contributed by atoms with Crippen molar-refractivity contribution >= 4 is 29.2 Å². The predicted molar refractivity (Wildman–Crippen MR) is 246 cm³/mol.